The van der Waals surface area contributed by atoms with Crippen LogP contribution >= 0.6 is 0 Å². The molecule has 0 spiro atoms. The third-order valence-corrected chi connectivity index (χ3v) is 5.17. The van der Waals surface area contributed by atoms with Gasteiger partial charge in [0.1, 0.15) is 6.04 Å². The quantitative estimate of drug-likeness (QED) is 0.114. The second-order valence-corrected chi connectivity index (χ2v) is 8.03. The predicted octanol–water partition coefficient (Wildman–Crippen LogP) is 4.21. The summed E-state index contributed by atoms with van der Waals surface area (Å²) >= 11 is 0. The van der Waals surface area contributed by atoms with Crippen molar-refractivity contribution in [3.8, 4) is 0 Å². The van der Waals surface area contributed by atoms with Crippen LogP contribution < -0.4 is 5.73 Å². The third-order valence-electron chi connectivity index (χ3n) is 5.17. The fourth-order valence-electron chi connectivity index (χ4n) is 3.28. The van der Waals surface area contributed by atoms with E-state index in [1.807, 2.05) is 0 Å². The number of hydrogen-bond donors (Lipinski definition) is 2. The number of unbranched alkanes of at least 4 members (excludes halogenated alkanes) is 14. The molecule has 31 heavy (non-hydrogen) atoms. The second kappa shape index (κ2) is 28.1. The molecule has 0 radical (unpaired) electrons. The Labute approximate surface area is 274 Å². The van der Waals surface area contributed by atoms with Crippen molar-refractivity contribution in [2.45, 2.75) is 129 Å². The van der Waals surface area contributed by atoms with Crippen LogP contribution in [-0.4, -0.2) is 132 Å². The molecule has 0 fully saturated rings. The Kier molecular flexibility index (Phi) is 33.9. The van der Waals surface area contributed by atoms with Crippen LogP contribution in [0.3, 0.4) is 0 Å². The van der Waals surface area contributed by atoms with Gasteiger partial charge in [-0.2, -0.15) is 0 Å². The van der Waals surface area contributed by atoms with E-state index in [0.717, 1.165) is 12.8 Å². The Morgan fingerprint density at radius 1 is 0.710 bits per heavy atom. The summed E-state index contributed by atoms with van der Waals surface area (Å²) in [6.45, 7) is 2.25. The number of aliphatic carboxylic acids is 1. The standard InChI is InChI=1S/C23H43NO5.2K.2H/c1-2-3-4-5-6-7-8-9-10-11-12-13-14-15-16-17-22(27)29-23(28)20(24)18-19-21(25)26;;;;/h20H,2-19,24H2,1H3,(H,25,26);;;;. The number of rotatable bonds is 20. The van der Waals surface area contributed by atoms with E-state index in [9.17, 15) is 14.4 Å². The molecule has 1 atom stereocenters. The molecule has 0 rings (SSSR count). The fourth-order valence-corrected chi connectivity index (χ4v) is 3.28. The van der Waals surface area contributed by atoms with Gasteiger partial charge in [0.2, 0.25) is 0 Å². The molecule has 0 aliphatic rings. The van der Waals surface area contributed by atoms with E-state index in [4.69, 9.17) is 10.8 Å². The van der Waals surface area contributed by atoms with E-state index in [0.29, 0.717) is 6.42 Å². The van der Waals surface area contributed by atoms with Crippen LogP contribution in [0.4, 0.5) is 0 Å². The van der Waals surface area contributed by atoms with E-state index in [1.165, 1.54) is 77.0 Å². The Bertz CT molecular complexity index is 450. The topological polar surface area (TPSA) is 107 Å². The van der Waals surface area contributed by atoms with E-state index < -0.39 is 23.9 Å². The molecular formula is C23H45K2NO5. The van der Waals surface area contributed by atoms with Crippen molar-refractivity contribution in [3.63, 3.8) is 0 Å². The Hall–Kier alpha value is 1.84. The number of esters is 2. The first-order valence-corrected chi connectivity index (χ1v) is 11.7. The number of hydrogen-bond acceptors (Lipinski definition) is 5. The Balaban J connectivity index is -0.00000392. The summed E-state index contributed by atoms with van der Waals surface area (Å²) in [6.07, 6.45) is 18.7. The first-order chi connectivity index (χ1) is 14.0. The van der Waals surface area contributed by atoms with Crippen molar-refractivity contribution in [1.29, 1.82) is 0 Å². The van der Waals surface area contributed by atoms with E-state index in [2.05, 4.69) is 11.7 Å². The van der Waals surface area contributed by atoms with Gasteiger partial charge in [-0.05, 0) is 12.8 Å². The van der Waals surface area contributed by atoms with Crippen molar-refractivity contribution in [3.05, 3.63) is 0 Å². The number of carboxylic acid groups (broad SMARTS) is 1. The third kappa shape index (κ3) is 28.0. The maximum absolute atomic E-state index is 11.6. The molecule has 0 bridgehead atoms. The zero-order valence-corrected chi connectivity index (χ0v) is 18.5. The Morgan fingerprint density at radius 2 is 1.10 bits per heavy atom. The van der Waals surface area contributed by atoms with Gasteiger partial charge in [0.15, 0.2) is 0 Å². The van der Waals surface area contributed by atoms with Crippen molar-refractivity contribution >= 4 is 121 Å². The van der Waals surface area contributed by atoms with Crippen LogP contribution in [0.5, 0.6) is 0 Å². The average Bonchev–Trinajstić information content (AvgIpc) is 2.68. The molecule has 0 saturated carbocycles. The molecule has 8 heteroatoms. The summed E-state index contributed by atoms with van der Waals surface area (Å²) in [5, 5.41) is 8.55. The van der Waals surface area contributed by atoms with Crippen molar-refractivity contribution in [1.82, 2.24) is 0 Å². The number of carbonyl (C=O) groups is 3. The molecule has 0 aromatic rings. The molecule has 3 N–H and O–H groups in total. The van der Waals surface area contributed by atoms with Gasteiger partial charge in [0.25, 0.3) is 0 Å². The van der Waals surface area contributed by atoms with Crippen LogP contribution in [0, 0.1) is 0 Å². The summed E-state index contributed by atoms with van der Waals surface area (Å²) in [6, 6.07) is -1.06. The molecule has 0 aliphatic carbocycles. The van der Waals surface area contributed by atoms with Crippen LogP contribution in [0.15, 0.2) is 0 Å². The van der Waals surface area contributed by atoms with Gasteiger partial charge in [-0.3, -0.25) is 9.59 Å². The Morgan fingerprint density at radius 3 is 1.48 bits per heavy atom. The number of nitrogens with two attached hydrogens (primary N) is 1. The summed E-state index contributed by atoms with van der Waals surface area (Å²) in [4.78, 5) is 33.6. The fraction of sp³-hybridized carbons (Fsp3) is 0.870. The van der Waals surface area contributed by atoms with Gasteiger partial charge in [-0.25, -0.2) is 4.79 Å². The zero-order chi connectivity index (χ0) is 21.7. The van der Waals surface area contributed by atoms with Crippen LogP contribution in [0.1, 0.15) is 122 Å². The van der Waals surface area contributed by atoms with Gasteiger partial charge >= 0.3 is 121 Å². The van der Waals surface area contributed by atoms with Crippen molar-refractivity contribution in [2.75, 3.05) is 0 Å². The average molecular weight is 494 g/mol. The number of ether oxygens (including phenoxy) is 1. The predicted molar refractivity (Wildman–Crippen MR) is 130 cm³/mol. The second-order valence-electron chi connectivity index (χ2n) is 8.03. The van der Waals surface area contributed by atoms with E-state index in [1.54, 1.807) is 0 Å². The molecule has 1 unspecified atom stereocenters. The molecule has 0 amide bonds. The van der Waals surface area contributed by atoms with Crippen molar-refractivity contribution < 1.29 is 24.2 Å². The minimum atomic E-state index is -1.06. The summed E-state index contributed by atoms with van der Waals surface area (Å²) in [7, 11) is 0. The van der Waals surface area contributed by atoms with Gasteiger partial charge in [-0.15, -0.1) is 0 Å². The molecule has 0 aliphatic heterocycles. The van der Waals surface area contributed by atoms with Crippen molar-refractivity contribution in [2.24, 2.45) is 5.73 Å². The van der Waals surface area contributed by atoms with Crippen LogP contribution in [0.2, 0.25) is 0 Å². The number of carboxylic acids is 1. The molecule has 0 aromatic heterocycles. The molecule has 6 nitrogen and oxygen atoms in total. The maximum atomic E-state index is 11.6. The van der Waals surface area contributed by atoms with Gasteiger partial charge < -0.3 is 15.6 Å². The molecule has 0 aromatic carbocycles. The van der Waals surface area contributed by atoms with Gasteiger partial charge in [0, 0.05) is 12.8 Å². The summed E-state index contributed by atoms with van der Waals surface area (Å²) in [5.74, 6) is -2.44. The summed E-state index contributed by atoms with van der Waals surface area (Å²) < 4.78 is 4.67. The monoisotopic (exact) mass is 493 g/mol. The van der Waals surface area contributed by atoms with Gasteiger partial charge in [0.05, 0.1) is 0 Å². The molecule has 174 valence electrons. The minimum absolute atomic E-state index is 0. The van der Waals surface area contributed by atoms with E-state index in [-0.39, 0.29) is 122 Å². The van der Waals surface area contributed by atoms with E-state index >= 15 is 0 Å². The normalized spacial score (nSPS) is 11.2. The first kappa shape index (κ1) is 37.4. The van der Waals surface area contributed by atoms with Crippen LogP contribution in [-0.2, 0) is 19.1 Å². The SMILES string of the molecule is CCCCCCCCCCCCCCCCCC(=O)OC(=O)C(N)CCC(=O)O.[KH].[KH]. The summed E-state index contributed by atoms with van der Waals surface area (Å²) in [5.41, 5.74) is 5.51. The molecule has 0 saturated heterocycles. The van der Waals surface area contributed by atoms with Gasteiger partial charge in [-0.1, -0.05) is 96.8 Å². The van der Waals surface area contributed by atoms with Crippen LogP contribution in [0.25, 0.3) is 0 Å². The zero-order valence-electron chi connectivity index (χ0n) is 18.5. The molecular weight excluding hydrogens is 448 g/mol. The first-order valence-electron chi connectivity index (χ1n) is 11.7. The number of carbonyl (C=O) groups excluding carboxylic acids is 2. The molecule has 0 heterocycles.